The Balaban J connectivity index is 1.21. The zero-order chi connectivity index (χ0) is 39.5. The third kappa shape index (κ3) is 13.1. The van der Waals surface area contributed by atoms with Crippen molar-refractivity contribution in [2.75, 3.05) is 60.8 Å². The Bertz CT molecular complexity index is 1840. The minimum Gasteiger partial charge on any atom is -0.497 e. The van der Waals surface area contributed by atoms with E-state index >= 15 is 0 Å². The maximum Gasteiger partial charge on any atom is 0.294 e. The number of benzene rings is 4. The lowest BCUT2D eigenvalue weighted by Gasteiger charge is -2.35. The molecule has 0 atom stereocenters. The van der Waals surface area contributed by atoms with Crippen molar-refractivity contribution in [3.63, 3.8) is 0 Å². The maximum absolute atomic E-state index is 10.6. The van der Waals surface area contributed by atoms with E-state index in [1.807, 2.05) is 72.8 Å². The van der Waals surface area contributed by atoms with E-state index < -0.39 is 5.09 Å². The summed E-state index contributed by atoms with van der Waals surface area (Å²) in [5.74, 6) is 3.90. The summed E-state index contributed by atoms with van der Waals surface area (Å²) in [4.78, 5) is 17.5. The van der Waals surface area contributed by atoms with E-state index in [2.05, 4.69) is 28.4 Å². The van der Waals surface area contributed by atoms with E-state index in [9.17, 15) is 10.1 Å². The molecule has 0 aliphatic carbocycles. The SMILES string of the molecule is C=C(Cc1cccc(CO[N+](=O)[O-])c1)N1CCC(c2ccc(OCCCOCc3ccccc3OC)c(OCc3cc(OC)cc(OCCCOC)c3)c2)CC1. The van der Waals surface area contributed by atoms with Gasteiger partial charge in [0.25, 0.3) is 5.09 Å². The van der Waals surface area contributed by atoms with Crippen LogP contribution in [0.5, 0.6) is 28.7 Å². The van der Waals surface area contributed by atoms with E-state index in [4.69, 9.17) is 33.2 Å². The molecule has 56 heavy (non-hydrogen) atoms. The van der Waals surface area contributed by atoms with Gasteiger partial charge in [0.15, 0.2) is 11.5 Å². The summed E-state index contributed by atoms with van der Waals surface area (Å²) in [6, 6.07) is 27.6. The monoisotopic (exact) mass is 770 g/mol. The number of hydrogen-bond donors (Lipinski definition) is 0. The third-order valence-corrected chi connectivity index (χ3v) is 9.59. The topological polar surface area (TPSA) is 120 Å². The van der Waals surface area contributed by atoms with Crippen molar-refractivity contribution < 1.29 is 43.1 Å². The van der Waals surface area contributed by atoms with Gasteiger partial charge in [-0.2, -0.15) is 0 Å². The standard InChI is InChI=1S/C44H54N2O10/c1-33(24-34-10-7-11-35(25-34)31-56-46(47)48)45-18-16-37(17-19-45)38-14-15-43(54-23-9-21-52-32-39-12-5-6-13-42(39)51-4)44(28-38)55-30-36-26-40(50-3)29-41(27-36)53-22-8-20-49-2/h5-7,10-15,25-29,37H,1,8-9,16-24,30-32H2,2-4H3. The molecular formula is C44H54N2O10. The highest BCUT2D eigenvalue weighted by atomic mass is 16.9. The molecule has 300 valence electrons. The van der Waals surface area contributed by atoms with Crippen LogP contribution in [0.2, 0.25) is 0 Å². The number of rotatable bonds is 24. The van der Waals surface area contributed by atoms with Gasteiger partial charge in [0.1, 0.15) is 30.5 Å². The van der Waals surface area contributed by atoms with E-state index in [1.165, 1.54) is 5.56 Å². The van der Waals surface area contributed by atoms with Crippen molar-refractivity contribution in [3.8, 4) is 28.7 Å². The first kappa shape index (κ1) is 41.7. The molecule has 0 radical (unpaired) electrons. The normalized spacial score (nSPS) is 12.9. The number of piperidine rings is 1. The fraction of sp³-hybridized carbons (Fsp3) is 0.409. The van der Waals surface area contributed by atoms with Gasteiger partial charge >= 0.3 is 0 Å². The van der Waals surface area contributed by atoms with Crippen LogP contribution in [0.15, 0.2) is 97.2 Å². The van der Waals surface area contributed by atoms with Gasteiger partial charge in [-0.05, 0) is 71.3 Å². The van der Waals surface area contributed by atoms with E-state index in [0.717, 1.165) is 66.1 Å². The zero-order valence-corrected chi connectivity index (χ0v) is 32.7. The summed E-state index contributed by atoms with van der Waals surface area (Å²) in [6.45, 7) is 8.97. The van der Waals surface area contributed by atoms with Gasteiger partial charge < -0.3 is 42.9 Å². The van der Waals surface area contributed by atoms with Crippen LogP contribution in [0.3, 0.4) is 0 Å². The Morgan fingerprint density at radius 2 is 1.48 bits per heavy atom. The van der Waals surface area contributed by atoms with Crippen LogP contribution in [0.25, 0.3) is 0 Å². The molecule has 0 aromatic heterocycles. The molecule has 12 heteroatoms. The lowest BCUT2D eigenvalue weighted by Crippen LogP contribution is -2.32. The molecule has 1 aliphatic rings. The Morgan fingerprint density at radius 3 is 2.27 bits per heavy atom. The first-order valence-electron chi connectivity index (χ1n) is 19.0. The summed E-state index contributed by atoms with van der Waals surface area (Å²) < 4.78 is 40.9. The number of nitrogens with zero attached hydrogens (tertiary/aromatic N) is 2. The fourth-order valence-electron chi connectivity index (χ4n) is 6.66. The summed E-state index contributed by atoms with van der Waals surface area (Å²) >= 11 is 0. The van der Waals surface area contributed by atoms with Crippen molar-refractivity contribution in [1.29, 1.82) is 0 Å². The minimum absolute atomic E-state index is 0.0717. The molecule has 4 aromatic rings. The van der Waals surface area contributed by atoms with Crippen LogP contribution in [0.1, 0.15) is 59.4 Å². The van der Waals surface area contributed by atoms with Gasteiger partial charge in [0, 0.05) is 63.4 Å². The molecule has 1 aliphatic heterocycles. The second-order valence-electron chi connectivity index (χ2n) is 13.6. The Morgan fingerprint density at radius 1 is 0.714 bits per heavy atom. The molecule has 1 heterocycles. The second kappa shape index (κ2) is 22.2. The first-order chi connectivity index (χ1) is 27.3. The molecule has 1 saturated heterocycles. The number of ether oxygens (including phenoxy) is 7. The average molecular weight is 771 g/mol. The smallest absolute Gasteiger partial charge is 0.294 e. The molecule has 5 rings (SSSR count). The molecule has 0 unspecified atom stereocenters. The van der Waals surface area contributed by atoms with Crippen LogP contribution in [0.4, 0.5) is 0 Å². The number of likely N-dealkylation sites (tertiary alicyclic amines) is 1. The highest BCUT2D eigenvalue weighted by Crippen LogP contribution is 2.37. The van der Waals surface area contributed by atoms with Crippen molar-refractivity contribution in [2.24, 2.45) is 0 Å². The van der Waals surface area contributed by atoms with Gasteiger partial charge in [0.2, 0.25) is 0 Å². The molecule has 0 bridgehead atoms. The molecule has 0 saturated carbocycles. The minimum atomic E-state index is -0.771. The Labute approximate surface area is 329 Å². The van der Waals surface area contributed by atoms with Gasteiger partial charge in [-0.25, -0.2) is 0 Å². The van der Waals surface area contributed by atoms with Crippen molar-refractivity contribution in [2.45, 2.75) is 57.8 Å². The molecule has 1 fully saturated rings. The van der Waals surface area contributed by atoms with Crippen LogP contribution >= 0.6 is 0 Å². The van der Waals surface area contributed by atoms with Gasteiger partial charge in [-0.15, -0.1) is 10.1 Å². The Hall–Kier alpha value is -5.46. The van der Waals surface area contributed by atoms with Gasteiger partial charge in [-0.3, -0.25) is 0 Å². The predicted octanol–water partition coefficient (Wildman–Crippen LogP) is 8.33. The quantitative estimate of drug-likeness (QED) is 0.0389. The highest BCUT2D eigenvalue weighted by Gasteiger charge is 2.23. The fourth-order valence-corrected chi connectivity index (χ4v) is 6.66. The molecule has 0 spiro atoms. The average Bonchev–Trinajstić information content (AvgIpc) is 3.22. The molecule has 12 nitrogen and oxygen atoms in total. The first-order valence-corrected chi connectivity index (χ1v) is 19.0. The zero-order valence-electron chi connectivity index (χ0n) is 32.7. The largest absolute Gasteiger partial charge is 0.497 e. The van der Waals surface area contributed by atoms with Crippen molar-refractivity contribution in [3.05, 3.63) is 135 Å². The summed E-state index contributed by atoms with van der Waals surface area (Å²) in [5, 5.41) is 9.86. The third-order valence-electron chi connectivity index (χ3n) is 9.59. The van der Waals surface area contributed by atoms with E-state index in [-0.39, 0.29) is 6.61 Å². The summed E-state index contributed by atoms with van der Waals surface area (Å²) in [6.07, 6.45) is 4.06. The van der Waals surface area contributed by atoms with Crippen LogP contribution in [0, 0.1) is 10.1 Å². The summed E-state index contributed by atoms with van der Waals surface area (Å²) in [5.41, 5.74) is 5.94. The maximum atomic E-state index is 10.6. The lowest BCUT2D eigenvalue weighted by molar-refractivity contribution is -0.763. The molecular weight excluding hydrogens is 716 g/mol. The highest BCUT2D eigenvalue weighted by molar-refractivity contribution is 5.45. The lowest BCUT2D eigenvalue weighted by atomic mass is 9.88. The number of allylic oxidation sites excluding steroid dienone is 1. The van der Waals surface area contributed by atoms with E-state index in [0.29, 0.717) is 81.4 Å². The number of methoxy groups -OCH3 is 3. The molecule has 0 amide bonds. The number of hydrogen-bond acceptors (Lipinski definition) is 11. The summed E-state index contributed by atoms with van der Waals surface area (Å²) in [7, 11) is 4.98. The van der Waals surface area contributed by atoms with Gasteiger partial charge in [0.05, 0.1) is 40.6 Å². The number of para-hydroxylation sites is 1. The molecule has 4 aromatic carbocycles. The molecule has 0 N–H and O–H groups in total. The van der Waals surface area contributed by atoms with E-state index in [1.54, 1.807) is 21.3 Å². The predicted molar refractivity (Wildman–Crippen MR) is 213 cm³/mol. The Kier molecular flexibility index (Phi) is 16.5. The second-order valence-corrected chi connectivity index (χ2v) is 13.6. The van der Waals surface area contributed by atoms with Crippen LogP contribution in [-0.4, -0.2) is 70.8 Å². The van der Waals surface area contributed by atoms with Crippen molar-refractivity contribution in [1.82, 2.24) is 4.90 Å². The van der Waals surface area contributed by atoms with Gasteiger partial charge in [-0.1, -0.05) is 55.1 Å². The van der Waals surface area contributed by atoms with Crippen molar-refractivity contribution >= 4 is 0 Å². The van der Waals surface area contributed by atoms with Crippen LogP contribution < -0.4 is 23.7 Å². The van der Waals surface area contributed by atoms with Crippen LogP contribution in [-0.2, 0) is 40.6 Å².